The van der Waals surface area contributed by atoms with Crippen LogP contribution < -0.4 is 16.4 Å². The molecule has 0 atom stereocenters. The number of hydrogen-bond acceptors (Lipinski definition) is 4. The van der Waals surface area contributed by atoms with E-state index in [0.717, 1.165) is 53.6 Å². The first-order valence-corrected chi connectivity index (χ1v) is 14.3. The summed E-state index contributed by atoms with van der Waals surface area (Å²) < 4.78 is 0. The van der Waals surface area contributed by atoms with Crippen molar-refractivity contribution >= 4 is 17.5 Å². The van der Waals surface area contributed by atoms with Crippen molar-refractivity contribution in [1.82, 2.24) is 10.3 Å². The summed E-state index contributed by atoms with van der Waals surface area (Å²) in [4.78, 5) is 29.9. The van der Waals surface area contributed by atoms with Gasteiger partial charge in [-0.1, -0.05) is 54.6 Å². The van der Waals surface area contributed by atoms with Gasteiger partial charge in [0.25, 0.3) is 0 Å². The van der Waals surface area contributed by atoms with Crippen molar-refractivity contribution in [3.05, 3.63) is 72.4 Å². The highest BCUT2D eigenvalue weighted by molar-refractivity contribution is 5.93. The number of carbonyl (C=O) groups excluding carboxylic acids is 2. The Kier molecular flexibility index (Phi) is 8.12. The zero-order valence-corrected chi connectivity index (χ0v) is 23.1. The van der Waals surface area contributed by atoms with Crippen molar-refractivity contribution in [1.29, 1.82) is 0 Å². The minimum atomic E-state index is -0.411. The van der Waals surface area contributed by atoms with Crippen LogP contribution >= 0.6 is 0 Å². The predicted molar refractivity (Wildman–Crippen MR) is 157 cm³/mol. The molecule has 0 aliphatic heterocycles. The van der Waals surface area contributed by atoms with Crippen LogP contribution in [0.5, 0.6) is 0 Å². The van der Waals surface area contributed by atoms with Gasteiger partial charge < -0.3 is 16.4 Å². The van der Waals surface area contributed by atoms with E-state index in [1.165, 1.54) is 12.8 Å². The topological polar surface area (TPSA) is 97.1 Å². The summed E-state index contributed by atoms with van der Waals surface area (Å²) in [7, 11) is 0. The lowest BCUT2D eigenvalue weighted by Crippen LogP contribution is -2.38. The molecule has 2 aromatic carbocycles. The van der Waals surface area contributed by atoms with E-state index in [9.17, 15) is 9.59 Å². The van der Waals surface area contributed by atoms with Gasteiger partial charge in [-0.15, -0.1) is 0 Å². The van der Waals surface area contributed by atoms with E-state index in [4.69, 9.17) is 10.7 Å². The van der Waals surface area contributed by atoms with Gasteiger partial charge in [-0.3, -0.25) is 14.6 Å². The highest BCUT2D eigenvalue weighted by atomic mass is 16.2. The molecule has 1 heterocycles. The number of carbonyl (C=O) groups is 2. The molecule has 3 aromatic rings. The Balaban J connectivity index is 1.23. The van der Waals surface area contributed by atoms with Crippen molar-refractivity contribution in [2.24, 2.45) is 17.6 Å². The van der Waals surface area contributed by atoms with E-state index in [2.05, 4.69) is 47.0 Å². The van der Waals surface area contributed by atoms with Crippen molar-refractivity contribution in [3.8, 4) is 22.4 Å². The summed E-state index contributed by atoms with van der Waals surface area (Å²) in [6.45, 7) is 3.99. The Morgan fingerprint density at radius 1 is 0.846 bits per heavy atom. The van der Waals surface area contributed by atoms with Crippen molar-refractivity contribution < 1.29 is 9.59 Å². The molecule has 0 bridgehead atoms. The smallest absolute Gasteiger partial charge is 0.224 e. The number of anilines is 1. The Bertz CT molecular complexity index is 1290. The number of nitrogens with one attached hydrogen (secondary N) is 2. The van der Waals surface area contributed by atoms with Crippen LogP contribution in [0.4, 0.5) is 5.69 Å². The van der Waals surface area contributed by atoms with E-state index in [1.807, 2.05) is 38.1 Å². The molecule has 4 N–H and O–H groups in total. The maximum absolute atomic E-state index is 13.0. The van der Waals surface area contributed by atoms with Gasteiger partial charge in [0.15, 0.2) is 0 Å². The zero-order valence-electron chi connectivity index (χ0n) is 23.1. The molecule has 2 fully saturated rings. The van der Waals surface area contributed by atoms with Gasteiger partial charge in [0, 0.05) is 35.5 Å². The third kappa shape index (κ3) is 7.33. The second-order valence-corrected chi connectivity index (χ2v) is 12.0. The average Bonchev–Trinajstić information content (AvgIpc) is 3.74. The van der Waals surface area contributed by atoms with Crippen molar-refractivity contribution in [2.45, 2.75) is 76.8 Å². The lowest BCUT2D eigenvalue weighted by Gasteiger charge is -2.29. The minimum Gasteiger partial charge on any atom is -0.353 e. The first kappa shape index (κ1) is 27.1. The van der Waals surface area contributed by atoms with Gasteiger partial charge >= 0.3 is 0 Å². The molecule has 1 aromatic heterocycles. The fourth-order valence-electron chi connectivity index (χ4n) is 5.51. The van der Waals surface area contributed by atoms with Crippen LogP contribution in [-0.4, -0.2) is 22.8 Å². The van der Waals surface area contributed by atoms with Crippen LogP contribution in [0.2, 0.25) is 0 Å². The molecule has 2 aliphatic rings. The molecule has 2 amide bonds. The Hall–Kier alpha value is -3.51. The van der Waals surface area contributed by atoms with Gasteiger partial charge in [-0.2, -0.15) is 0 Å². The number of aromatic nitrogens is 1. The minimum absolute atomic E-state index is 0.0133. The fourth-order valence-corrected chi connectivity index (χ4v) is 5.51. The number of hydrogen-bond donors (Lipinski definition) is 3. The number of rotatable bonds is 9. The molecule has 39 heavy (non-hydrogen) atoms. The molecule has 5 rings (SSSR count). The summed E-state index contributed by atoms with van der Waals surface area (Å²) >= 11 is 0. The lowest BCUT2D eigenvalue weighted by atomic mass is 9.84. The zero-order chi connectivity index (χ0) is 27.4. The fraction of sp³-hybridized carbons (Fsp3) is 0.424. The van der Waals surface area contributed by atoms with Crippen molar-refractivity contribution in [2.75, 3.05) is 5.32 Å². The number of benzene rings is 2. The molecule has 0 radical (unpaired) electrons. The first-order valence-electron chi connectivity index (χ1n) is 14.3. The molecule has 2 saturated carbocycles. The largest absolute Gasteiger partial charge is 0.353 e. The van der Waals surface area contributed by atoms with Crippen LogP contribution in [0.3, 0.4) is 0 Å². The summed E-state index contributed by atoms with van der Waals surface area (Å²) in [5.41, 5.74) is 11.5. The highest BCUT2D eigenvalue weighted by Crippen LogP contribution is 2.35. The molecular formula is C33H40N4O2. The SMILES string of the molecule is CC(C)(N)c1ccc(-c2ncc(NC(=O)C[C@H]3CC[C@H](NC(=O)CC4CC4)CC3)cc2-c2ccccc2)cc1. The van der Waals surface area contributed by atoms with E-state index < -0.39 is 5.54 Å². The standard InChI is InChI=1S/C33H40N4O2/c1-33(2,34)26-14-12-25(13-15-26)32-29(24-6-4-3-5-7-24)20-28(21-35-32)37-31(39)19-23-10-16-27(17-11-23)36-30(38)18-22-8-9-22/h3-7,12-15,20-23,27H,8-11,16-19,34H2,1-2H3,(H,36,38)(H,37,39)/t23-,27-. The van der Waals surface area contributed by atoms with Crippen LogP contribution in [0, 0.1) is 11.8 Å². The van der Waals surface area contributed by atoms with Gasteiger partial charge in [0.05, 0.1) is 17.6 Å². The molecular weight excluding hydrogens is 484 g/mol. The third-order valence-corrected chi connectivity index (χ3v) is 8.02. The third-order valence-electron chi connectivity index (χ3n) is 8.02. The molecule has 0 spiro atoms. The van der Waals surface area contributed by atoms with Crippen LogP contribution in [0.15, 0.2) is 66.9 Å². The quantitative estimate of drug-likeness (QED) is 0.301. The monoisotopic (exact) mass is 524 g/mol. The van der Waals surface area contributed by atoms with Crippen LogP contribution in [0.25, 0.3) is 22.4 Å². The number of pyridine rings is 1. The molecule has 2 aliphatic carbocycles. The van der Waals surface area contributed by atoms with Crippen LogP contribution in [0.1, 0.15) is 70.8 Å². The molecule has 0 unspecified atom stereocenters. The highest BCUT2D eigenvalue weighted by Gasteiger charge is 2.28. The van der Waals surface area contributed by atoms with Crippen LogP contribution in [-0.2, 0) is 15.1 Å². The predicted octanol–water partition coefficient (Wildman–Crippen LogP) is 6.41. The van der Waals surface area contributed by atoms with Gasteiger partial charge in [-0.25, -0.2) is 0 Å². The first-order chi connectivity index (χ1) is 18.7. The Morgan fingerprint density at radius 2 is 1.46 bits per heavy atom. The number of amides is 2. The summed E-state index contributed by atoms with van der Waals surface area (Å²) in [6, 6.07) is 20.6. The lowest BCUT2D eigenvalue weighted by molar-refractivity contribution is -0.122. The molecule has 6 heteroatoms. The van der Waals surface area contributed by atoms with E-state index in [-0.39, 0.29) is 17.9 Å². The second kappa shape index (κ2) is 11.7. The normalized spacial score (nSPS) is 19.4. The Labute approximate surface area is 231 Å². The molecule has 6 nitrogen and oxygen atoms in total. The van der Waals surface area contributed by atoms with Gasteiger partial charge in [0.1, 0.15) is 0 Å². The maximum atomic E-state index is 13.0. The van der Waals surface area contributed by atoms with Crippen molar-refractivity contribution in [3.63, 3.8) is 0 Å². The summed E-state index contributed by atoms with van der Waals surface area (Å²) in [5.74, 6) is 1.16. The second-order valence-electron chi connectivity index (χ2n) is 12.0. The summed E-state index contributed by atoms with van der Waals surface area (Å²) in [5, 5.41) is 6.29. The van der Waals surface area contributed by atoms with Gasteiger partial charge in [-0.05, 0) is 81.4 Å². The number of nitrogens with zero attached hydrogens (tertiary/aromatic N) is 1. The maximum Gasteiger partial charge on any atom is 0.224 e. The van der Waals surface area contributed by atoms with E-state index >= 15 is 0 Å². The summed E-state index contributed by atoms with van der Waals surface area (Å²) in [6.07, 6.45) is 9.12. The van der Waals surface area contributed by atoms with E-state index in [0.29, 0.717) is 30.4 Å². The Morgan fingerprint density at radius 3 is 2.08 bits per heavy atom. The molecule has 0 saturated heterocycles. The van der Waals surface area contributed by atoms with Gasteiger partial charge in [0.2, 0.25) is 11.8 Å². The van der Waals surface area contributed by atoms with E-state index in [1.54, 1.807) is 6.20 Å². The number of nitrogens with two attached hydrogens (primary N) is 1. The average molecular weight is 525 g/mol. The molecule has 204 valence electrons.